The minimum Gasteiger partial charge on any atom is -0.484 e. The fourth-order valence-corrected chi connectivity index (χ4v) is 2.92. The summed E-state index contributed by atoms with van der Waals surface area (Å²) in [6.45, 7) is -0.298. The van der Waals surface area contributed by atoms with Gasteiger partial charge in [0.1, 0.15) is 17.3 Å². The van der Waals surface area contributed by atoms with Crippen molar-refractivity contribution < 1.29 is 18.7 Å². The Bertz CT molecular complexity index is 1050. The molecule has 0 aliphatic heterocycles. The maximum atomic E-state index is 12.8. The predicted octanol–water partition coefficient (Wildman–Crippen LogP) is 3.07. The highest BCUT2D eigenvalue weighted by molar-refractivity contribution is 6.59. The number of nitrogens with one attached hydrogen (secondary N) is 1. The van der Waals surface area contributed by atoms with Gasteiger partial charge in [-0.15, -0.1) is 0 Å². The van der Waals surface area contributed by atoms with Gasteiger partial charge in [-0.1, -0.05) is 36.4 Å². The number of Topliss-reactive ketones (excluding diaryl/α,β-unsaturated/α-hetero) is 1. The van der Waals surface area contributed by atoms with Crippen molar-refractivity contribution in [3.05, 3.63) is 77.6 Å². The molecular formula is C20H13FN2O3. The second-order valence-electron chi connectivity index (χ2n) is 5.78. The molecule has 3 aromatic carbocycles. The minimum absolute atomic E-state index is 0.201. The Kier molecular flexibility index (Phi) is 3.93. The number of carbonyl (C=O) groups is 2. The Morgan fingerprint density at radius 1 is 1.00 bits per heavy atom. The first-order chi connectivity index (χ1) is 12.6. The molecule has 1 N–H and O–H groups in total. The number of ketones is 1. The van der Waals surface area contributed by atoms with Gasteiger partial charge < -0.3 is 4.74 Å². The van der Waals surface area contributed by atoms with Crippen LogP contribution in [0.5, 0.6) is 5.75 Å². The molecule has 0 aromatic heterocycles. The summed E-state index contributed by atoms with van der Waals surface area (Å²) in [5.41, 5.74) is 3.82. The number of hydrogen-bond donors (Lipinski definition) is 1. The van der Waals surface area contributed by atoms with E-state index in [-0.39, 0.29) is 23.9 Å². The van der Waals surface area contributed by atoms with Gasteiger partial charge in [0.05, 0.1) is 0 Å². The van der Waals surface area contributed by atoms with E-state index < -0.39 is 5.91 Å². The number of nitrogens with zero attached hydrogens (tertiary/aromatic N) is 1. The molecule has 1 aliphatic rings. The fourth-order valence-electron chi connectivity index (χ4n) is 2.92. The Hall–Kier alpha value is -3.54. The Balaban J connectivity index is 1.49. The van der Waals surface area contributed by atoms with E-state index in [9.17, 15) is 14.0 Å². The maximum Gasteiger partial charge on any atom is 0.277 e. The first-order valence-electron chi connectivity index (χ1n) is 7.95. The van der Waals surface area contributed by atoms with Crippen molar-refractivity contribution in [3.8, 4) is 5.75 Å². The summed E-state index contributed by atoms with van der Waals surface area (Å²) in [4.78, 5) is 24.5. The summed E-state index contributed by atoms with van der Waals surface area (Å²) in [6.07, 6.45) is 0. The lowest BCUT2D eigenvalue weighted by Crippen LogP contribution is -2.27. The van der Waals surface area contributed by atoms with Crippen LogP contribution < -0.4 is 10.2 Å². The molecule has 6 heteroatoms. The molecule has 0 spiro atoms. The third-order valence-electron chi connectivity index (χ3n) is 4.10. The number of amides is 1. The maximum absolute atomic E-state index is 12.8. The summed E-state index contributed by atoms with van der Waals surface area (Å²) in [5, 5.41) is 5.79. The Labute approximate surface area is 148 Å². The molecule has 0 bridgehead atoms. The van der Waals surface area contributed by atoms with Gasteiger partial charge in [-0.25, -0.2) is 9.82 Å². The van der Waals surface area contributed by atoms with Crippen LogP contribution in [0, 0.1) is 5.82 Å². The third kappa shape index (κ3) is 2.82. The molecule has 0 heterocycles. The van der Waals surface area contributed by atoms with Crippen molar-refractivity contribution in [2.45, 2.75) is 0 Å². The molecule has 0 atom stereocenters. The van der Waals surface area contributed by atoms with Gasteiger partial charge in [0.2, 0.25) is 5.78 Å². The zero-order valence-corrected chi connectivity index (χ0v) is 13.5. The molecule has 0 radical (unpaired) electrons. The first-order valence-corrected chi connectivity index (χ1v) is 7.95. The summed E-state index contributed by atoms with van der Waals surface area (Å²) in [5.74, 6) is -0.765. The van der Waals surface area contributed by atoms with E-state index in [1.807, 2.05) is 24.3 Å². The van der Waals surface area contributed by atoms with E-state index in [1.54, 1.807) is 12.1 Å². The van der Waals surface area contributed by atoms with Crippen molar-refractivity contribution >= 4 is 28.2 Å². The second-order valence-corrected chi connectivity index (χ2v) is 5.78. The average molecular weight is 348 g/mol. The predicted molar refractivity (Wildman–Crippen MR) is 94.9 cm³/mol. The van der Waals surface area contributed by atoms with E-state index in [2.05, 4.69) is 10.5 Å². The van der Waals surface area contributed by atoms with Crippen molar-refractivity contribution in [2.24, 2.45) is 5.10 Å². The van der Waals surface area contributed by atoms with Crippen LogP contribution in [0.25, 0.3) is 10.8 Å². The first kappa shape index (κ1) is 16.0. The smallest absolute Gasteiger partial charge is 0.277 e. The molecule has 3 aromatic rings. The van der Waals surface area contributed by atoms with Crippen LogP contribution in [-0.2, 0) is 4.79 Å². The van der Waals surface area contributed by atoms with Gasteiger partial charge in [0.25, 0.3) is 5.91 Å². The number of ether oxygens (including phenoxy) is 1. The monoisotopic (exact) mass is 348 g/mol. The van der Waals surface area contributed by atoms with Crippen LogP contribution in [0.4, 0.5) is 4.39 Å². The van der Waals surface area contributed by atoms with Gasteiger partial charge in [0.15, 0.2) is 6.61 Å². The van der Waals surface area contributed by atoms with Gasteiger partial charge in [-0.2, -0.15) is 5.10 Å². The molecule has 5 nitrogen and oxygen atoms in total. The summed E-state index contributed by atoms with van der Waals surface area (Å²) in [6, 6.07) is 16.4. The Morgan fingerprint density at radius 2 is 1.69 bits per heavy atom. The summed E-state index contributed by atoms with van der Waals surface area (Å²) < 4.78 is 18.1. The van der Waals surface area contributed by atoms with Crippen LogP contribution in [0.1, 0.15) is 15.9 Å². The standard InChI is InChI=1S/C20H13FN2O3/c21-13-7-9-14(10-8-13)26-11-17(24)22-23-19-15-5-1-3-12-4-2-6-16(18(12)15)20(19)25/h1-10H,11H2,(H,22,24). The van der Waals surface area contributed by atoms with Crippen molar-refractivity contribution in [1.29, 1.82) is 0 Å². The summed E-state index contributed by atoms with van der Waals surface area (Å²) >= 11 is 0. The molecule has 26 heavy (non-hydrogen) atoms. The van der Waals surface area contributed by atoms with Gasteiger partial charge in [-0.05, 0) is 29.7 Å². The van der Waals surface area contributed by atoms with Crippen LogP contribution in [0.15, 0.2) is 65.8 Å². The van der Waals surface area contributed by atoms with Crippen LogP contribution in [0.3, 0.4) is 0 Å². The lowest BCUT2D eigenvalue weighted by molar-refractivity contribution is -0.123. The van der Waals surface area contributed by atoms with Crippen LogP contribution >= 0.6 is 0 Å². The van der Waals surface area contributed by atoms with Crippen molar-refractivity contribution in [3.63, 3.8) is 0 Å². The molecule has 0 saturated carbocycles. The normalized spacial score (nSPS) is 14.0. The van der Waals surface area contributed by atoms with E-state index in [4.69, 9.17) is 4.74 Å². The quantitative estimate of drug-likeness (QED) is 0.737. The van der Waals surface area contributed by atoms with Crippen LogP contribution in [0.2, 0.25) is 0 Å². The minimum atomic E-state index is -0.516. The highest BCUT2D eigenvalue weighted by Gasteiger charge is 2.28. The molecular weight excluding hydrogens is 335 g/mol. The van der Waals surface area contributed by atoms with Gasteiger partial charge >= 0.3 is 0 Å². The van der Waals surface area contributed by atoms with Crippen LogP contribution in [-0.4, -0.2) is 24.0 Å². The van der Waals surface area contributed by atoms with Gasteiger partial charge in [0, 0.05) is 16.5 Å². The zero-order chi connectivity index (χ0) is 18.1. The topological polar surface area (TPSA) is 67.8 Å². The van der Waals surface area contributed by atoms with Crippen molar-refractivity contribution in [2.75, 3.05) is 6.61 Å². The number of halogens is 1. The molecule has 1 amide bonds. The van der Waals surface area contributed by atoms with E-state index in [0.717, 1.165) is 10.8 Å². The van der Waals surface area contributed by atoms with E-state index >= 15 is 0 Å². The summed E-state index contributed by atoms with van der Waals surface area (Å²) in [7, 11) is 0. The highest BCUT2D eigenvalue weighted by atomic mass is 19.1. The Morgan fingerprint density at radius 3 is 2.42 bits per heavy atom. The van der Waals surface area contributed by atoms with Crippen molar-refractivity contribution in [1.82, 2.24) is 5.43 Å². The molecule has 1 aliphatic carbocycles. The molecule has 128 valence electrons. The number of benzene rings is 3. The molecule has 0 saturated heterocycles. The molecule has 0 unspecified atom stereocenters. The van der Waals surface area contributed by atoms with E-state index in [1.165, 1.54) is 24.3 Å². The van der Waals surface area contributed by atoms with E-state index in [0.29, 0.717) is 16.9 Å². The zero-order valence-electron chi connectivity index (χ0n) is 13.5. The third-order valence-corrected chi connectivity index (χ3v) is 4.10. The highest BCUT2D eigenvalue weighted by Crippen LogP contribution is 2.30. The molecule has 4 rings (SSSR count). The lowest BCUT2D eigenvalue weighted by atomic mass is 10.1. The number of hydrazone groups is 1. The SMILES string of the molecule is O=C(COc1ccc(F)cc1)NN=C1C(=O)c2cccc3cccc1c23. The number of rotatable bonds is 4. The average Bonchev–Trinajstić information content (AvgIpc) is 2.93. The second kappa shape index (κ2) is 6.40. The molecule has 0 fully saturated rings. The van der Waals surface area contributed by atoms with Gasteiger partial charge in [-0.3, -0.25) is 9.59 Å². The largest absolute Gasteiger partial charge is 0.484 e. The lowest BCUT2D eigenvalue weighted by Gasteiger charge is -2.05. The fraction of sp³-hybridized carbons (Fsp3) is 0.0500. The number of carbonyl (C=O) groups excluding carboxylic acids is 2. The number of hydrogen-bond acceptors (Lipinski definition) is 4.